The van der Waals surface area contributed by atoms with Crippen LogP contribution in [0, 0.1) is 0 Å². The molecule has 100 valence electrons. The van der Waals surface area contributed by atoms with E-state index >= 15 is 0 Å². The fourth-order valence-corrected chi connectivity index (χ4v) is 2.78. The van der Waals surface area contributed by atoms with Crippen LogP contribution in [0.2, 0.25) is 0 Å². The van der Waals surface area contributed by atoms with Gasteiger partial charge in [-0.3, -0.25) is 0 Å². The molecule has 0 aliphatic heterocycles. The Balaban J connectivity index is 1.67. The van der Waals surface area contributed by atoms with Crippen LogP contribution in [0.4, 0.5) is 10.5 Å². The summed E-state index contributed by atoms with van der Waals surface area (Å²) in [6, 6.07) is 8.12. The summed E-state index contributed by atoms with van der Waals surface area (Å²) in [4.78, 5) is 15.2. The van der Waals surface area contributed by atoms with E-state index in [9.17, 15) is 4.79 Å². The molecule has 1 heterocycles. The van der Waals surface area contributed by atoms with Crippen molar-refractivity contribution in [3.63, 3.8) is 0 Å². The van der Waals surface area contributed by atoms with Gasteiger partial charge in [0.25, 0.3) is 0 Å². The van der Waals surface area contributed by atoms with Crippen LogP contribution in [0.3, 0.4) is 0 Å². The van der Waals surface area contributed by atoms with Gasteiger partial charge in [0.15, 0.2) is 0 Å². The molecule has 1 aliphatic carbocycles. The molecule has 3 rings (SSSR count). The second-order valence-electron chi connectivity index (χ2n) is 5.18. The summed E-state index contributed by atoms with van der Waals surface area (Å²) in [5, 5.41) is 7.10. The minimum Gasteiger partial charge on any atom is -0.359 e. The van der Waals surface area contributed by atoms with E-state index in [4.69, 9.17) is 0 Å². The van der Waals surface area contributed by atoms with Gasteiger partial charge in [0, 0.05) is 17.6 Å². The zero-order chi connectivity index (χ0) is 13.1. The van der Waals surface area contributed by atoms with Crippen molar-refractivity contribution in [1.29, 1.82) is 0 Å². The van der Waals surface area contributed by atoms with Crippen LogP contribution in [0.5, 0.6) is 0 Å². The van der Waals surface area contributed by atoms with Gasteiger partial charge in [0.1, 0.15) is 0 Å². The Hall–Kier alpha value is -1.97. The average Bonchev–Trinajstić information content (AvgIpc) is 2.89. The van der Waals surface area contributed by atoms with Gasteiger partial charge in [0.05, 0.1) is 11.2 Å². The average molecular weight is 257 g/mol. The fourth-order valence-electron chi connectivity index (χ4n) is 2.78. The van der Waals surface area contributed by atoms with Gasteiger partial charge in [-0.15, -0.1) is 0 Å². The number of fused-ring (bicyclic) bond motifs is 1. The summed E-state index contributed by atoms with van der Waals surface area (Å²) in [6.07, 6.45) is 7.81. The van der Waals surface area contributed by atoms with Gasteiger partial charge in [-0.25, -0.2) is 4.79 Å². The predicted octanol–water partition coefficient (Wildman–Crippen LogP) is 3.62. The number of H-pyrrole nitrogens is 1. The molecule has 19 heavy (non-hydrogen) atoms. The van der Waals surface area contributed by atoms with Crippen molar-refractivity contribution < 1.29 is 4.79 Å². The second-order valence-corrected chi connectivity index (χ2v) is 5.18. The predicted molar refractivity (Wildman–Crippen MR) is 77.3 cm³/mol. The number of anilines is 1. The van der Waals surface area contributed by atoms with Crippen LogP contribution in [-0.4, -0.2) is 17.1 Å². The lowest BCUT2D eigenvalue weighted by Gasteiger charge is -2.22. The molecule has 1 aromatic carbocycles. The highest BCUT2D eigenvalue weighted by Gasteiger charge is 2.16. The zero-order valence-corrected chi connectivity index (χ0v) is 10.9. The van der Waals surface area contributed by atoms with E-state index in [1.807, 2.05) is 30.5 Å². The molecule has 4 nitrogen and oxygen atoms in total. The summed E-state index contributed by atoms with van der Waals surface area (Å²) in [5.74, 6) is 0. The van der Waals surface area contributed by atoms with E-state index < -0.39 is 0 Å². The summed E-state index contributed by atoms with van der Waals surface area (Å²) < 4.78 is 0. The molecular formula is C15H19N3O. The number of hydrogen-bond donors (Lipinski definition) is 3. The quantitative estimate of drug-likeness (QED) is 0.756. The summed E-state index contributed by atoms with van der Waals surface area (Å²) in [6.45, 7) is 0. The maximum atomic E-state index is 12.0. The molecule has 3 N–H and O–H groups in total. The SMILES string of the molecule is O=C(Nc1cccc2cc[nH]c12)NC1CCCCC1. The Labute approximate surface area is 112 Å². The van der Waals surface area contributed by atoms with Crippen LogP contribution < -0.4 is 10.6 Å². The van der Waals surface area contributed by atoms with Crippen LogP contribution in [0.1, 0.15) is 32.1 Å². The van der Waals surface area contributed by atoms with Crippen molar-refractivity contribution in [3.8, 4) is 0 Å². The Bertz CT molecular complexity index is 570. The Morgan fingerprint density at radius 2 is 2.00 bits per heavy atom. The number of para-hydroxylation sites is 1. The van der Waals surface area contributed by atoms with Crippen molar-refractivity contribution in [2.45, 2.75) is 38.1 Å². The van der Waals surface area contributed by atoms with Crippen molar-refractivity contribution in [2.24, 2.45) is 0 Å². The summed E-state index contributed by atoms with van der Waals surface area (Å²) >= 11 is 0. The van der Waals surface area contributed by atoms with Gasteiger partial charge in [-0.05, 0) is 25.0 Å². The maximum Gasteiger partial charge on any atom is 0.319 e. The third kappa shape index (κ3) is 2.72. The molecular weight excluding hydrogens is 238 g/mol. The maximum absolute atomic E-state index is 12.0. The Kier molecular flexibility index (Phi) is 3.40. The largest absolute Gasteiger partial charge is 0.359 e. The van der Waals surface area contributed by atoms with Crippen molar-refractivity contribution in [1.82, 2.24) is 10.3 Å². The van der Waals surface area contributed by atoms with E-state index in [0.29, 0.717) is 6.04 Å². The van der Waals surface area contributed by atoms with E-state index in [1.165, 1.54) is 19.3 Å². The minimum atomic E-state index is -0.103. The summed E-state index contributed by atoms with van der Waals surface area (Å²) in [7, 11) is 0. The first-order chi connectivity index (χ1) is 9.33. The highest BCUT2D eigenvalue weighted by molar-refractivity contribution is 5.99. The van der Waals surface area contributed by atoms with Crippen molar-refractivity contribution in [3.05, 3.63) is 30.5 Å². The van der Waals surface area contributed by atoms with E-state index in [2.05, 4.69) is 15.6 Å². The molecule has 0 unspecified atom stereocenters. The minimum absolute atomic E-state index is 0.103. The number of aromatic nitrogens is 1. The lowest BCUT2D eigenvalue weighted by Crippen LogP contribution is -2.39. The number of amides is 2. The highest BCUT2D eigenvalue weighted by atomic mass is 16.2. The molecule has 2 amide bonds. The molecule has 0 atom stereocenters. The Morgan fingerprint density at radius 3 is 2.84 bits per heavy atom. The normalized spacial score (nSPS) is 16.4. The number of nitrogens with one attached hydrogen (secondary N) is 3. The first-order valence-electron chi connectivity index (χ1n) is 6.96. The van der Waals surface area contributed by atoms with E-state index in [-0.39, 0.29) is 6.03 Å². The number of hydrogen-bond acceptors (Lipinski definition) is 1. The van der Waals surface area contributed by atoms with Crippen LogP contribution >= 0.6 is 0 Å². The topological polar surface area (TPSA) is 56.9 Å². The number of rotatable bonds is 2. The van der Waals surface area contributed by atoms with E-state index in [0.717, 1.165) is 29.4 Å². The van der Waals surface area contributed by atoms with Crippen LogP contribution in [0.25, 0.3) is 10.9 Å². The van der Waals surface area contributed by atoms with Crippen molar-refractivity contribution >= 4 is 22.6 Å². The monoisotopic (exact) mass is 257 g/mol. The first-order valence-corrected chi connectivity index (χ1v) is 6.96. The van der Waals surface area contributed by atoms with E-state index in [1.54, 1.807) is 0 Å². The standard InChI is InChI=1S/C15H19N3O/c19-15(17-12-6-2-1-3-7-12)18-13-8-4-5-11-9-10-16-14(11)13/h4-5,8-10,12,16H,1-3,6-7H2,(H2,17,18,19). The highest BCUT2D eigenvalue weighted by Crippen LogP contribution is 2.22. The van der Waals surface area contributed by atoms with Gasteiger partial charge < -0.3 is 15.6 Å². The molecule has 0 radical (unpaired) electrons. The molecule has 4 heteroatoms. The number of urea groups is 1. The first kappa shape index (κ1) is 12.1. The number of carbonyl (C=O) groups is 1. The smallest absolute Gasteiger partial charge is 0.319 e. The number of carbonyl (C=O) groups excluding carboxylic acids is 1. The molecule has 0 spiro atoms. The Morgan fingerprint density at radius 1 is 1.16 bits per heavy atom. The molecule has 1 saturated carbocycles. The summed E-state index contributed by atoms with van der Waals surface area (Å²) in [5.41, 5.74) is 1.80. The molecule has 0 bridgehead atoms. The van der Waals surface area contributed by atoms with Gasteiger partial charge in [-0.2, -0.15) is 0 Å². The van der Waals surface area contributed by atoms with Crippen LogP contribution in [0.15, 0.2) is 30.5 Å². The lowest BCUT2D eigenvalue weighted by molar-refractivity contribution is 0.244. The molecule has 2 aromatic rings. The van der Waals surface area contributed by atoms with Gasteiger partial charge in [0.2, 0.25) is 0 Å². The lowest BCUT2D eigenvalue weighted by atomic mass is 9.96. The molecule has 1 fully saturated rings. The molecule has 0 saturated heterocycles. The third-order valence-electron chi connectivity index (χ3n) is 3.78. The zero-order valence-electron chi connectivity index (χ0n) is 10.9. The number of aromatic amines is 1. The van der Waals surface area contributed by atoms with Crippen LogP contribution in [-0.2, 0) is 0 Å². The van der Waals surface area contributed by atoms with Crippen molar-refractivity contribution in [2.75, 3.05) is 5.32 Å². The fraction of sp³-hybridized carbons (Fsp3) is 0.400. The van der Waals surface area contributed by atoms with Gasteiger partial charge in [-0.1, -0.05) is 31.4 Å². The molecule has 1 aliphatic rings. The second kappa shape index (κ2) is 5.34. The number of benzene rings is 1. The van der Waals surface area contributed by atoms with Gasteiger partial charge >= 0.3 is 6.03 Å². The third-order valence-corrected chi connectivity index (χ3v) is 3.78. The molecule has 1 aromatic heterocycles.